The predicted octanol–water partition coefficient (Wildman–Crippen LogP) is 2.63. The van der Waals surface area contributed by atoms with Gasteiger partial charge in [-0.1, -0.05) is 36.4 Å². The van der Waals surface area contributed by atoms with Gasteiger partial charge >= 0.3 is 6.09 Å². The number of aliphatic hydroxyl groups is 1. The average Bonchev–Trinajstić information content (AvgIpc) is 2.27. The lowest BCUT2D eigenvalue weighted by molar-refractivity contribution is 0.0417. The number of carbonyl (C=O) groups is 1. The molecule has 4 nitrogen and oxygen atoms in total. The Balaban J connectivity index is 2.35. The molecule has 0 aromatic heterocycles. The van der Waals surface area contributed by atoms with Gasteiger partial charge in [0.2, 0.25) is 0 Å². The van der Waals surface area contributed by atoms with Gasteiger partial charge in [0.1, 0.15) is 11.8 Å². The molecule has 0 saturated carbocycles. The summed E-state index contributed by atoms with van der Waals surface area (Å²) in [7, 11) is 0. The number of hydrogen-bond donors (Lipinski definition) is 2. The molecule has 0 aliphatic rings. The first-order valence-electron chi connectivity index (χ1n) is 6.25. The summed E-state index contributed by atoms with van der Waals surface area (Å²) in [4.78, 5) is 11.4. The van der Waals surface area contributed by atoms with Crippen LogP contribution in [0.15, 0.2) is 42.5 Å². The minimum absolute atomic E-state index is 0.572. The van der Waals surface area contributed by atoms with Crippen LogP contribution in [0.3, 0.4) is 0 Å². The fourth-order valence-electron chi connectivity index (χ4n) is 1.42. The van der Waals surface area contributed by atoms with Crippen molar-refractivity contribution in [1.29, 1.82) is 0 Å². The standard InChI is InChI=1S/C15H21NO3/c1-15(2,3)19-14(18)16-13(17)11-7-10-12-8-5-4-6-9-12/h4-9,11,13,17H,10H2,1-3H3,(H,16,18)/b11-7+. The van der Waals surface area contributed by atoms with Crippen LogP contribution in [0.4, 0.5) is 4.79 Å². The van der Waals surface area contributed by atoms with E-state index in [9.17, 15) is 9.90 Å². The third-order valence-electron chi connectivity index (χ3n) is 2.18. The van der Waals surface area contributed by atoms with Crippen LogP contribution in [0, 0.1) is 0 Å². The van der Waals surface area contributed by atoms with Gasteiger partial charge in [0.05, 0.1) is 0 Å². The SMILES string of the molecule is CC(C)(C)OC(=O)NC(O)/C=C/Cc1ccccc1. The Bertz CT molecular complexity index is 421. The van der Waals surface area contributed by atoms with Crippen LogP contribution in [0.25, 0.3) is 0 Å². The number of amides is 1. The molecule has 4 heteroatoms. The number of nitrogens with one attached hydrogen (secondary N) is 1. The molecule has 0 heterocycles. The largest absolute Gasteiger partial charge is 0.444 e. The van der Waals surface area contributed by atoms with Crippen LogP contribution < -0.4 is 5.32 Å². The van der Waals surface area contributed by atoms with Gasteiger partial charge in [0.15, 0.2) is 0 Å². The number of aliphatic hydroxyl groups excluding tert-OH is 1. The predicted molar refractivity (Wildman–Crippen MR) is 74.7 cm³/mol. The Hall–Kier alpha value is -1.81. The van der Waals surface area contributed by atoms with Gasteiger partial charge in [-0.05, 0) is 38.8 Å². The van der Waals surface area contributed by atoms with E-state index in [1.807, 2.05) is 30.3 Å². The molecule has 0 saturated heterocycles. The zero-order valence-corrected chi connectivity index (χ0v) is 11.6. The summed E-state index contributed by atoms with van der Waals surface area (Å²) < 4.78 is 5.03. The lowest BCUT2D eigenvalue weighted by atomic mass is 10.1. The topological polar surface area (TPSA) is 58.6 Å². The van der Waals surface area contributed by atoms with Crippen LogP contribution in [-0.4, -0.2) is 23.0 Å². The molecule has 104 valence electrons. The molecule has 1 amide bonds. The van der Waals surface area contributed by atoms with Gasteiger partial charge in [0, 0.05) is 0 Å². The minimum Gasteiger partial charge on any atom is -0.444 e. The van der Waals surface area contributed by atoms with Crippen molar-refractivity contribution in [3.8, 4) is 0 Å². The lowest BCUT2D eigenvalue weighted by Gasteiger charge is -2.20. The van der Waals surface area contributed by atoms with Crippen LogP contribution >= 0.6 is 0 Å². The highest BCUT2D eigenvalue weighted by atomic mass is 16.6. The summed E-state index contributed by atoms with van der Waals surface area (Å²) in [5.74, 6) is 0. The number of hydrogen-bond acceptors (Lipinski definition) is 3. The molecule has 0 aliphatic heterocycles. The first-order valence-corrected chi connectivity index (χ1v) is 6.25. The van der Waals surface area contributed by atoms with Crippen molar-refractivity contribution in [3.63, 3.8) is 0 Å². The Morgan fingerprint density at radius 2 is 2.00 bits per heavy atom. The molecule has 1 aromatic rings. The van der Waals surface area contributed by atoms with Gasteiger partial charge < -0.3 is 9.84 Å². The average molecular weight is 263 g/mol. The van der Waals surface area contributed by atoms with Crippen LogP contribution in [0.1, 0.15) is 26.3 Å². The molecular weight excluding hydrogens is 242 g/mol. The highest BCUT2D eigenvalue weighted by molar-refractivity contribution is 5.68. The smallest absolute Gasteiger partial charge is 0.409 e. The Morgan fingerprint density at radius 1 is 1.37 bits per heavy atom. The first kappa shape index (κ1) is 15.2. The molecular formula is C15H21NO3. The molecule has 1 unspecified atom stereocenters. The molecule has 2 N–H and O–H groups in total. The van der Waals surface area contributed by atoms with E-state index in [4.69, 9.17) is 4.74 Å². The number of alkyl carbamates (subject to hydrolysis) is 1. The molecule has 0 bridgehead atoms. The van der Waals surface area contributed by atoms with E-state index in [-0.39, 0.29) is 0 Å². The lowest BCUT2D eigenvalue weighted by Crippen LogP contribution is -2.38. The van der Waals surface area contributed by atoms with Crippen molar-refractivity contribution < 1.29 is 14.6 Å². The van der Waals surface area contributed by atoms with E-state index in [0.717, 1.165) is 5.56 Å². The second-order valence-electron chi connectivity index (χ2n) is 5.21. The molecule has 0 radical (unpaired) electrons. The summed E-state index contributed by atoms with van der Waals surface area (Å²) in [6, 6.07) is 9.86. The maximum atomic E-state index is 11.4. The van der Waals surface area contributed by atoms with E-state index < -0.39 is 17.9 Å². The quantitative estimate of drug-likeness (QED) is 0.648. The van der Waals surface area contributed by atoms with Gasteiger partial charge in [0.25, 0.3) is 0 Å². The van der Waals surface area contributed by atoms with Crippen molar-refractivity contribution in [2.45, 2.75) is 39.0 Å². The second kappa shape index (κ2) is 6.95. The zero-order valence-electron chi connectivity index (χ0n) is 11.6. The molecule has 19 heavy (non-hydrogen) atoms. The Morgan fingerprint density at radius 3 is 2.58 bits per heavy atom. The van der Waals surface area contributed by atoms with Gasteiger partial charge in [-0.3, -0.25) is 5.32 Å². The van der Waals surface area contributed by atoms with E-state index in [1.165, 1.54) is 6.08 Å². The number of rotatable bonds is 4. The number of allylic oxidation sites excluding steroid dienone is 1. The van der Waals surface area contributed by atoms with Gasteiger partial charge in [-0.25, -0.2) is 4.79 Å². The highest BCUT2D eigenvalue weighted by Crippen LogP contribution is 2.06. The fraction of sp³-hybridized carbons (Fsp3) is 0.400. The summed E-state index contributed by atoms with van der Waals surface area (Å²) in [6.45, 7) is 5.30. The minimum atomic E-state index is -1.04. The number of ether oxygens (including phenoxy) is 1. The maximum Gasteiger partial charge on any atom is 0.409 e. The Labute approximate surface area is 114 Å². The van der Waals surface area contributed by atoms with E-state index in [1.54, 1.807) is 26.8 Å². The van der Waals surface area contributed by atoms with Crippen molar-refractivity contribution in [2.24, 2.45) is 0 Å². The van der Waals surface area contributed by atoms with Gasteiger partial charge in [-0.2, -0.15) is 0 Å². The van der Waals surface area contributed by atoms with Crippen molar-refractivity contribution >= 4 is 6.09 Å². The summed E-state index contributed by atoms with van der Waals surface area (Å²) >= 11 is 0. The fourth-order valence-corrected chi connectivity index (χ4v) is 1.42. The normalized spacial score (nSPS) is 13.3. The zero-order chi connectivity index (χ0) is 14.3. The summed E-state index contributed by atoms with van der Waals surface area (Å²) in [5, 5.41) is 11.9. The third kappa shape index (κ3) is 7.26. The van der Waals surface area contributed by atoms with Crippen LogP contribution in [-0.2, 0) is 11.2 Å². The van der Waals surface area contributed by atoms with Crippen molar-refractivity contribution in [2.75, 3.05) is 0 Å². The van der Waals surface area contributed by atoms with E-state index >= 15 is 0 Å². The Kier molecular flexibility index (Phi) is 5.57. The van der Waals surface area contributed by atoms with Crippen LogP contribution in [0.5, 0.6) is 0 Å². The molecule has 0 spiro atoms. The van der Waals surface area contributed by atoms with Gasteiger partial charge in [-0.15, -0.1) is 0 Å². The second-order valence-corrected chi connectivity index (χ2v) is 5.21. The molecule has 1 atom stereocenters. The molecule has 1 rings (SSSR count). The van der Waals surface area contributed by atoms with Crippen molar-refractivity contribution in [3.05, 3.63) is 48.0 Å². The monoisotopic (exact) mass is 263 g/mol. The molecule has 0 fully saturated rings. The summed E-state index contributed by atoms with van der Waals surface area (Å²) in [5.41, 5.74) is 0.570. The molecule has 0 aliphatic carbocycles. The maximum absolute atomic E-state index is 11.4. The summed E-state index contributed by atoms with van der Waals surface area (Å²) in [6.07, 6.45) is 2.35. The van der Waals surface area contributed by atoms with E-state index in [0.29, 0.717) is 6.42 Å². The highest BCUT2D eigenvalue weighted by Gasteiger charge is 2.17. The number of benzene rings is 1. The van der Waals surface area contributed by atoms with Crippen molar-refractivity contribution in [1.82, 2.24) is 5.32 Å². The molecule has 1 aromatic carbocycles. The number of carbonyl (C=O) groups excluding carboxylic acids is 1. The van der Waals surface area contributed by atoms with Crippen LogP contribution in [0.2, 0.25) is 0 Å². The van der Waals surface area contributed by atoms with E-state index in [2.05, 4.69) is 5.32 Å². The first-order chi connectivity index (χ1) is 8.87. The third-order valence-corrected chi connectivity index (χ3v) is 2.18.